The molecule has 0 saturated carbocycles. The van der Waals surface area contributed by atoms with Crippen LogP contribution >= 0.6 is 11.6 Å². The summed E-state index contributed by atoms with van der Waals surface area (Å²) in [5.41, 5.74) is -0.504. The minimum atomic E-state index is -2.91. The largest absolute Gasteiger partial charge is 0.462 e. The van der Waals surface area contributed by atoms with Crippen LogP contribution in [0.3, 0.4) is 0 Å². The summed E-state index contributed by atoms with van der Waals surface area (Å²) in [6.07, 6.45) is -1.87. The van der Waals surface area contributed by atoms with Crippen LogP contribution in [0.4, 0.5) is 8.78 Å². The van der Waals surface area contributed by atoms with E-state index >= 15 is 0 Å². The molecule has 2 rings (SSSR count). The molecule has 0 radical (unpaired) electrons. The molecule has 1 aromatic carbocycles. The van der Waals surface area contributed by atoms with Crippen LogP contribution in [-0.2, 0) is 4.74 Å². The third kappa shape index (κ3) is 3.52. The number of hydrogen-bond donors (Lipinski definition) is 0. The summed E-state index contributed by atoms with van der Waals surface area (Å²) in [6, 6.07) is 6.49. The smallest absolute Gasteiger partial charge is 0.341 e. The zero-order valence-corrected chi connectivity index (χ0v) is 11.8. The number of carbonyl (C=O) groups is 1. The lowest BCUT2D eigenvalue weighted by Crippen LogP contribution is -2.11. The highest BCUT2D eigenvalue weighted by Crippen LogP contribution is 2.25. The van der Waals surface area contributed by atoms with Gasteiger partial charge in [0.15, 0.2) is 5.82 Å². The minimum Gasteiger partial charge on any atom is -0.462 e. The van der Waals surface area contributed by atoms with Crippen LogP contribution in [0.1, 0.15) is 29.4 Å². The van der Waals surface area contributed by atoms with Gasteiger partial charge in [0.25, 0.3) is 6.43 Å². The second-order valence-electron chi connectivity index (χ2n) is 4.02. The summed E-state index contributed by atoms with van der Waals surface area (Å²) in [4.78, 5) is 19.3. The van der Waals surface area contributed by atoms with E-state index in [1.54, 1.807) is 31.2 Å². The van der Waals surface area contributed by atoms with E-state index in [1.807, 2.05) is 0 Å². The monoisotopic (exact) mass is 312 g/mol. The zero-order valence-electron chi connectivity index (χ0n) is 11.0. The number of hydrogen-bond acceptors (Lipinski definition) is 4. The molecule has 0 fully saturated rings. The van der Waals surface area contributed by atoms with Crippen molar-refractivity contribution in [2.45, 2.75) is 13.3 Å². The van der Waals surface area contributed by atoms with E-state index in [9.17, 15) is 13.6 Å². The topological polar surface area (TPSA) is 52.1 Å². The second-order valence-corrected chi connectivity index (χ2v) is 4.46. The first kappa shape index (κ1) is 15.3. The van der Waals surface area contributed by atoms with E-state index in [0.29, 0.717) is 10.6 Å². The fourth-order valence-electron chi connectivity index (χ4n) is 1.69. The van der Waals surface area contributed by atoms with Crippen LogP contribution in [0.15, 0.2) is 30.5 Å². The molecular weight excluding hydrogens is 302 g/mol. The molecule has 0 N–H and O–H groups in total. The van der Waals surface area contributed by atoms with Crippen LogP contribution in [0.5, 0.6) is 0 Å². The molecule has 1 aromatic heterocycles. The molecule has 2 aromatic rings. The van der Waals surface area contributed by atoms with Crippen molar-refractivity contribution in [2.75, 3.05) is 6.61 Å². The maximum atomic E-state index is 13.1. The van der Waals surface area contributed by atoms with Gasteiger partial charge in [-0.1, -0.05) is 23.7 Å². The van der Waals surface area contributed by atoms with Gasteiger partial charge in [0, 0.05) is 16.8 Å². The quantitative estimate of drug-likeness (QED) is 0.803. The predicted molar refractivity (Wildman–Crippen MR) is 73.4 cm³/mol. The Morgan fingerprint density at radius 1 is 1.43 bits per heavy atom. The molecule has 0 saturated heterocycles. The number of carbonyl (C=O) groups excluding carboxylic acids is 1. The number of benzene rings is 1. The fraction of sp³-hybridized carbons (Fsp3) is 0.214. The highest BCUT2D eigenvalue weighted by atomic mass is 35.5. The first-order chi connectivity index (χ1) is 10.0. The van der Waals surface area contributed by atoms with E-state index in [-0.39, 0.29) is 18.0 Å². The van der Waals surface area contributed by atoms with Gasteiger partial charge in [0.2, 0.25) is 0 Å². The van der Waals surface area contributed by atoms with E-state index in [0.717, 1.165) is 6.20 Å². The molecule has 0 aliphatic heterocycles. The summed E-state index contributed by atoms with van der Waals surface area (Å²) in [7, 11) is 0. The first-order valence-electron chi connectivity index (χ1n) is 6.11. The van der Waals surface area contributed by atoms with Crippen molar-refractivity contribution in [3.63, 3.8) is 0 Å². The van der Waals surface area contributed by atoms with Gasteiger partial charge >= 0.3 is 5.97 Å². The molecule has 0 aliphatic carbocycles. The average molecular weight is 313 g/mol. The molecule has 0 unspecified atom stereocenters. The van der Waals surface area contributed by atoms with Crippen molar-refractivity contribution in [1.29, 1.82) is 0 Å². The molecule has 0 bridgehead atoms. The Morgan fingerprint density at radius 3 is 2.81 bits per heavy atom. The Hall–Kier alpha value is -2.08. The summed E-state index contributed by atoms with van der Waals surface area (Å²) in [5, 5.41) is 0.434. The molecule has 7 heteroatoms. The zero-order chi connectivity index (χ0) is 15.4. The lowest BCUT2D eigenvalue weighted by atomic mass is 10.2. The molecule has 1 heterocycles. The van der Waals surface area contributed by atoms with Gasteiger partial charge in [-0.2, -0.15) is 0 Å². The Bertz CT molecular complexity index is 665. The van der Waals surface area contributed by atoms with Crippen LogP contribution in [0.2, 0.25) is 5.02 Å². The number of rotatable bonds is 4. The number of ether oxygens (including phenoxy) is 1. The summed E-state index contributed by atoms with van der Waals surface area (Å²) in [5.74, 6) is -0.800. The number of halogens is 3. The molecule has 0 amide bonds. The predicted octanol–water partition coefficient (Wildman–Crippen LogP) is 3.91. The van der Waals surface area contributed by atoms with Crippen LogP contribution in [0.25, 0.3) is 11.4 Å². The van der Waals surface area contributed by atoms with E-state index < -0.39 is 18.1 Å². The maximum absolute atomic E-state index is 13.1. The highest BCUT2D eigenvalue weighted by Gasteiger charge is 2.22. The van der Waals surface area contributed by atoms with E-state index in [1.165, 1.54) is 0 Å². The molecule has 4 nitrogen and oxygen atoms in total. The summed E-state index contributed by atoms with van der Waals surface area (Å²) >= 11 is 5.84. The third-order valence-corrected chi connectivity index (χ3v) is 2.84. The lowest BCUT2D eigenvalue weighted by molar-refractivity contribution is 0.0513. The number of aromatic nitrogens is 2. The third-order valence-electron chi connectivity index (χ3n) is 2.60. The fourth-order valence-corrected chi connectivity index (χ4v) is 1.88. The van der Waals surface area contributed by atoms with Crippen molar-refractivity contribution in [3.05, 3.63) is 46.7 Å². The average Bonchev–Trinajstić information content (AvgIpc) is 2.46. The van der Waals surface area contributed by atoms with Crippen molar-refractivity contribution >= 4 is 17.6 Å². The van der Waals surface area contributed by atoms with Gasteiger partial charge < -0.3 is 4.74 Å². The number of esters is 1. The second kappa shape index (κ2) is 6.58. The van der Waals surface area contributed by atoms with Crippen molar-refractivity contribution in [2.24, 2.45) is 0 Å². The molecule has 0 atom stereocenters. The van der Waals surface area contributed by atoms with E-state index in [4.69, 9.17) is 16.3 Å². The Morgan fingerprint density at radius 2 is 2.19 bits per heavy atom. The van der Waals surface area contributed by atoms with Gasteiger partial charge in [-0.15, -0.1) is 0 Å². The Labute approximate surface area is 124 Å². The van der Waals surface area contributed by atoms with Gasteiger partial charge in [-0.25, -0.2) is 23.5 Å². The Kier molecular flexibility index (Phi) is 4.80. The number of alkyl halides is 2. The van der Waals surface area contributed by atoms with Gasteiger partial charge in [-0.3, -0.25) is 0 Å². The van der Waals surface area contributed by atoms with Crippen LogP contribution in [0, 0.1) is 0 Å². The molecule has 0 spiro atoms. The first-order valence-corrected chi connectivity index (χ1v) is 6.49. The normalized spacial score (nSPS) is 10.7. The number of nitrogens with zero attached hydrogens (tertiary/aromatic N) is 2. The highest BCUT2D eigenvalue weighted by molar-refractivity contribution is 6.30. The SMILES string of the molecule is CCOC(=O)c1cnc(-c2cccc(Cl)c2)nc1C(F)F. The van der Waals surface area contributed by atoms with Crippen molar-refractivity contribution in [3.8, 4) is 11.4 Å². The molecule has 0 aliphatic rings. The minimum absolute atomic E-state index is 0.0702. The standard InChI is InChI=1S/C14H11ClF2N2O2/c1-2-21-14(20)10-7-18-13(19-11(10)12(16)17)8-4-3-5-9(15)6-8/h3-7,12H,2H2,1H3. The molecular formula is C14H11ClF2N2O2. The summed E-state index contributed by atoms with van der Waals surface area (Å²) in [6.45, 7) is 1.67. The Balaban J connectivity index is 2.48. The molecule has 21 heavy (non-hydrogen) atoms. The van der Waals surface area contributed by atoms with Crippen LogP contribution < -0.4 is 0 Å². The van der Waals surface area contributed by atoms with Gasteiger partial charge in [0.05, 0.1) is 6.61 Å². The van der Waals surface area contributed by atoms with E-state index in [2.05, 4.69) is 9.97 Å². The maximum Gasteiger partial charge on any atom is 0.341 e. The molecule has 110 valence electrons. The van der Waals surface area contributed by atoms with Crippen LogP contribution in [-0.4, -0.2) is 22.5 Å². The lowest BCUT2D eigenvalue weighted by Gasteiger charge is -2.09. The van der Waals surface area contributed by atoms with Gasteiger partial charge in [-0.05, 0) is 19.1 Å². The summed E-state index contributed by atoms with van der Waals surface area (Å²) < 4.78 is 30.9. The van der Waals surface area contributed by atoms with Gasteiger partial charge in [0.1, 0.15) is 11.3 Å². The van der Waals surface area contributed by atoms with Crippen molar-refractivity contribution < 1.29 is 18.3 Å². The van der Waals surface area contributed by atoms with Crippen molar-refractivity contribution in [1.82, 2.24) is 9.97 Å².